The largest absolute Gasteiger partial charge is 0.497 e. The molecule has 0 N–H and O–H groups in total. The molecule has 0 amide bonds. The molecular formula is C15H22N2O. The van der Waals surface area contributed by atoms with E-state index in [4.69, 9.17) is 4.74 Å². The van der Waals surface area contributed by atoms with Gasteiger partial charge in [0.25, 0.3) is 0 Å². The van der Waals surface area contributed by atoms with Crippen molar-refractivity contribution in [1.29, 1.82) is 0 Å². The van der Waals surface area contributed by atoms with Gasteiger partial charge >= 0.3 is 0 Å². The van der Waals surface area contributed by atoms with Crippen molar-refractivity contribution in [2.24, 2.45) is 0 Å². The van der Waals surface area contributed by atoms with E-state index in [1.165, 1.54) is 16.5 Å². The Morgan fingerprint density at radius 1 is 1.33 bits per heavy atom. The third kappa shape index (κ3) is 2.36. The molecule has 2 aromatic rings. The molecule has 3 nitrogen and oxygen atoms in total. The van der Waals surface area contributed by atoms with E-state index >= 15 is 0 Å². The molecule has 0 radical (unpaired) electrons. The number of fused-ring (bicyclic) bond motifs is 1. The van der Waals surface area contributed by atoms with E-state index in [2.05, 4.69) is 61.8 Å². The molecule has 1 aromatic heterocycles. The van der Waals surface area contributed by atoms with Crippen LogP contribution in [0, 0.1) is 6.92 Å². The zero-order chi connectivity index (χ0) is 13.3. The Balaban J connectivity index is 2.41. The van der Waals surface area contributed by atoms with Crippen LogP contribution in [-0.4, -0.2) is 36.7 Å². The summed E-state index contributed by atoms with van der Waals surface area (Å²) in [4.78, 5) is 2.24. The van der Waals surface area contributed by atoms with Gasteiger partial charge in [0.2, 0.25) is 0 Å². The molecule has 0 aliphatic rings. The van der Waals surface area contributed by atoms with Crippen LogP contribution in [0.4, 0.5) is 0 Å². The van der Waals surface area contributed by atoms with E-state index < -0.39 is 0 Å². The molecule has 18 heavy (non-hydrogen) atoms. The highest BCUT2D eigenvalue weighted by Gasteiger charge is 2.10. The minimum Gasteiger partial charge on any atom is -0.497 e. The standard InChI is InChI=1S/C15H22N2O/c1-11-8-14(18-5)9-13-6-7-17(15(11)13)10-12(2)16(3)4/h6-9,12H,10H2,1-5H3/t12-/m1/s1. The highest BCUT2D eigenvalue weighted by Crippen LogP contribution is 2.26. The van der Waals surface area contributed by atoms with Crippen LogP contribution < -0.4 is 4.74 Å². The monoisotopic (exact) mass is 246 g/mol. The van der Waals surface area contributed by atoms with Crippen LogP contribution in [0.1, 0.15) is 12.5 Å². The van der Waals surface area contributed by atoms with Crippen molar-refractivity contribution in [3.05, 3.63) is 30.0 Å². The van der Waals surface area contributed by atoms with Crippen LogP contribution in [0.5, 0.6) is 5.75 Å². The molecule has 1 aromatic carbocycles. The molecule has 0 bridgehead atoms. The lowest BCUT2D eigenvalue weighted by molar-refractivity contribution is 0.286. The molecule has 2 rings (SSSR count). The predicted molar refractivity (Wildman–Crippen MR) is 76.4 cm³/mol. The van der Waals surface area contributed by atoms with Gasteiger partial charge in [-0.3, -0.25) is 0 Å². The minimum atomic E-state index is 0.516. The van der Waals surface area contributed by atoms with Crippen molar-refractivity contribution < 1.29 is 4.74 Å². The van der Waals surface area contributed by atoms with Crippen molar-refractivity contribution in [1.82, 2.24) is 9.47 Å². The molecule has 0 unspecified atom stereocenters. The average molecular weight is 246 g/mol. The number of nitrogens with zero attached hydrogens (tertiary/aromatic N) is 2. The number of benzene rings is 1. The van der Waals surface area contributed by atoms with Gasteiger partial charge in [-0.2, -0.15) is 0 Å². The third-order valence-corrected chi connectivity index (χ3v) is 3.60. The number of aryl methyl sites for hydroxylation is 1. The SMILES string of the molecule is COc1cc(C)c2c(ccn2C[C@@H](C)N(C)C)c1. The molecule has 0 aliphatic carbocycles. The summed E-state index contributed by atoms with van der Waals surface area (Å²) in [6.07, 6.45) is 2.16. The molecule has 0 spiro atoms. The van der Waals surface area contributed by atoms with Gasteiger partial charge < -0.3 is 14.2 Å². The summed E-state index contributed by atoms with van der Waals surface area (Å²) in [5.74, 6) is 0.929. The first-order chi connectivity index (χ1) is 8.52. The summed E-state index contributed by atoms with van der Waals surface area (Å²) >= 11 is 0. The number of methoxy groups -OCH3 is 1. The number of likely N-dealkylation sites (N-methyl/N-ethyl adjacent to an activating group) is 1. The van der Waals surface area contributed by atoms with E-state index in [9.17, 15) is 0 Å². The summed E-state index contributed by atoms with van der Waals surface area (Å²) in [7, 11) is 5.95. The average Bonchev–Trinajstić information content (AvgIpc) is 2.72. The molecule has 1 heterocycles. The van der Waals surface area contributed by atoms with E-state index in [-0.39, 0.29) is 0 Å². The Hall–Kier alpha value is -1.48. The Morgan fingerprint density at radius 2 is 2.06 bits per heavy atom. The van der Waals surface area contributed by atoms with Crippen molar-refractivity contribution in [2.45, 2.75) is 26.4 Å². The molecule has 98 valence electrons. The lowest BCUT2D eigenvalue weighted by Crippen LogP contribution is -2.28. The predicted octanol–water partition coefficient (Wildman–Crippen LogP) is 2.91. The number of ether oxygens (including phenoxy) is 1. The molecule has 1 atom stereocenters. The van der Waals surface area contributed by atoms with Crippen molar-refractivity contribution >= 4 is 10.9 Å². The molecule has 0 saturated heterocycles. The second kappa shape index (κ2) is 5.02. The Morgan fingerprint density at radius 3 is 2.67 bits per heavy atom. The first kappa shape index (κ1) is 13.0. The first-order valence-corrected chi connectivity index (χ1v) is 6.33. The Kier molecular flexibility index (Phi) is 3.62. The van der Waals surface area contributed by atoms with E-state index in [1.54, 1.807) is 7.11 Å². The van der Waals surface area contributed by atoms with Crippen molar-refractivity contribution in [2.75, 3.05) is 21.2 Å². The van der Waals surface area contributed by atoms with Crippen molar-refractivity contribution in [3.63, 3.8) is 0 Å². The van der Waals surface area contributed by atoms with Gasteiger partial charge in [0.1, 0.15) is 5.75 Å². The fourth-order valence-corrected chi connectivity index (χ4v) is 2.25. The Bertz CT molecular complexity index is 543. The zero-order valence-corrected chi connectivity index (χ0v) is 11.9. The first-order valence-electron chi connectivity index (χ1n) is 6.33. The maximum atomic E-state index is 5.31. The van der Waals surface area contributed by atoms with Crippen LogP contribution in [-0.2, 0) is 6.54 Å². The minimum absolute atomic E-state index is 0.516. The quantitative estimate of drug-likeness (QED) is 0.825. The number of rotatable bonds is 4. The van der Waals surface area contributed by atoms with E-state index in [0.29, 0.717) is 6.04 Å². The van der Waals surface area contributed by atoms with Crippen LogP contribution in [0.25, 0.3) is 10.9 Å². The summed E-state index contributed by atoms with van der Waals surface area (Å²) in [6.45, 7) is 5.38. The van der Waals surface area contributed by atoms with Crippen LogP contribution in [0.15, 0.2) is 24.4 Å². The van der Waals surface area contributed by atoms with Gasteiger partial charge in [-0.15, -0.1) is 0 Å². The summed E-state index contributed by atoms with van der Waals surface area (Å²) in [5, 5.41) is 1.25. The molecular weight excluding hydrogens is 224 g/mol. The number of aromatic nitrogens is 1. The normalized spacial score (nSPS) is 13.2. The second-order valence-electron chi connectivity index (χ2n) is 5.16. The van der Waals surface area contributed by atoms with Gasteiger partial charge in [0.15, 0.2) is 0 Å². The van der Waals surface area contributed by atoms with E-state index in [0.717, 1.165) is 12.3 Å². The smallest absolute Gasteiger partial charge is 0.119 e. The summed E-state index contributed by atoms with van der Waals surface area (Å²) in [6, 6.07) is 6.87. The molecule has 0 saturated carbocycles. The highest BCUT2D eigenvalue weighted by molar-refractivity contribution is 5.84. The fourth-order valence-electron chi connectivity index (χ4n) is 2.25. The van der Waals surface area contributed by atoms with Crippen molar-refractivity contribution in [3.8, 4) is 5.75 Å². The summed E-state index contributed by atoms with van der Waals surface area (Å²) < 4.78 is 7.64. The zero-order valence-electron chi connectivity index (χ0n) is 11.9. The molecule has 0 fully saturated rings. The molecule has 0 aliphatic heterocycles. The van der Waals surface area contributed by atoms with Crippen LogP contribution in [0.2, 0.25) is 0 Å². The maximum absolute atomic E-state index is 5.31. The van der Waals surface area contributed by atoms with Crippen LogP contribution >= 0.6 is 0 Å². The van der Waals surface area contributed by atoms with Gasteiger partial charge in [-0.05, 0) is 51.7 Å². The van der Waals surface area contributed by atoms with Gasteiger partial charge in [0, 0.05) is 24.2 Å². The number of hydrogen-bond acceptors (Lipinski definition) is 2. The maximum Gasteiger partial charge on any atom is 0.119 e. The topological polar surface area (TPSA) is 17.4 Å². The van der Waals surface area contributed by atoms with Gasteiger partial charge in [0.05, 0.1) is 12.6 Å². The molecule has 3 heteroatoms. The fraction of sp³-hybridized carbons (Fsp3) is 0.467. The highest BCUT2D eigenvalue weighted by atomic mass is 16.5. The summed E-state index contributed by atoms with van der Waals surface area (Å²) in [5.41, 5.74) is 2.57. The van der Waals surface area contributed by atoms with Gasteiger partial charge in [-0.1, -0.05) is 0 Å². The lowest BCUT2D eigenvalue weighted by Gasteiger charge is -2.21. The second-order valence-corrected chi connectivity index (χ2v) is 5.16. The Labute approximate surface area is 109 Å². The van der Waals surface area contributed by atoms with E-state index in [1.807, 2.05) is 0 Å². The third-order valence-electron chi connectivity index (χ3n) is 3.60. The lowest BCUT2D eigenvalue weighted by atomic mass is 10.1. The number of hydrogen-bond donors (Lipinski definition) is 0. The van der Waals surface area contributed by atoms with Crippen LogP contribution in [0.3, 0.4) is 0 Å². The van der Waals surface area contributed by atoms with Gasteiger partial charge in [-0.25, -0.2) is 0 Å².